The average molecular weight is 527 g/mol. The molecule has 3 aromatic carbocycles. The molecule has 0 spiro atoms. The summed E-state index contributed by atoms with van der Waals surface area (Å²) in [6, 6.07) is 23.7. The lowest BCUT2D eigenvalue weighted by Crippen LogP contribution is -2.12. The third-order valence-corrected chi connectivity index (χ3v) is 5.93. The first-order valence-electron chi connectivity index (χ1n) is 11.7. The molecule has 0 saturated heterocycles. The second-order valence-electron chi connectivity index (χ2n) is 8.13. The molecule has 4 aromatic rings. The van der Waals surface area contributed by atoms with Crippen molar-refractivity contribution in [2.24, 2.45) is 0 Å². The molecule has 0 aliphatic rings. The van der Waals surface area contributed by atoms with E-state index in [4.69, 9.17) is 33.7 Å². The number of ether oxygens (including phenoxy) is 4. The van der Waals surface area contributed by atoms with Crippen molar-refractivity contribution in [3.63, 3.8) is 0 Å². The molecule has 0 unspecified atom stereocenters. The maximum Gasteiger partial charge on any atom is 0.346 e. The summed E-state index contributed by atoms with van der Waals surface area (Å²) in [5.41, 5.74) is 2.64. The molecule has 1 aromatic heterocycles. The molecule has 4 rings (SSSR count). The van der Waals surface area contributed by atoms with Crippen LogP contribution in [-0.4, -0.2) is 39.5 Å². The smallest absolute Gasteiger partial charge is 0.346 e. The normalized spacial score (nSPS) is 10.9. The van der Waals surface area contributed by atoms with Crippen molar-refractivity contribution in [3.05, 3.63) is 84.1 Å². The second-order valence-corrected chi connectivity index (χ2v) is 8.13. The van der Waals surface area contributed by atoms with Gasteiger partial charge < -0.3 is 33.4 Å². The quantitative estimate of drug-likeness (QED) is 0.184. The molecule has 0 atom stereocenters. The lowest BCUT2D eigenvalue weighted by molar-refractivity contribution is -0.132. The number of methoxy groups -OCH3 is 4. The van der Waals surface area contributed by atoms with Gasteiger partial charge in [-0.05, 0) is 60.7 Å². The number of aliphatic carboxylic acids is 1. The van der Waals surface area contributed by atoms with Crippen LogP contribution in [0.25, 0.3) is 17.4 Å². The topological polar surface area (TPSA) is 114 Å². The fourth-order valence-corrected chi connectivity index (χ4v) is 3.99. The van der Waals surface area contributed by atoms with E-state index in [0.29, 0.717) is 28.8 Å². The van der Waals surface area contributed by atoms with Crippen molar-refractivity contribution in [2.45, 2.75) is 0 Å². The summed E-state index contributed by atoms with van der Waals surface area (Å²) in [7, 11) is 6.37. The maximum atomic E-state index is 11.1. The number of hydrogen-bond donors (Lipinski definition) is 1. The molecule has 1 N–H and O–H groups in total. The van der Waals surface area contributed by atoms with Gasteiger partial charge in [0.2, 0.25) is 0 Å². The zero-order valence-corrected chi connectivity index (χ0v) is 21.8. The van der Waals surface area contributed by atoms with E-state index in [2.05, 4.69) is 0 Å². The van der Waals surface area contributed by atoms with Crippen molar-refractivity contribution in [3.8, 4) is 40.4 Å². The minimum atomic E-state index is -1.32. The van der Waals surface area contributed by atoms with Gasteiger partial charge >= 0.3 is 5.97 Å². The largest absolute Gasteiger partial charge is 0.497 e. The highest BCUT2D eigenvalue weighted by atomic mass is 16.5. The Hall–Kier alpha value is -5.36. The van der Waals surface area contributed by atoms with Gasteiger partial charge in [-0.25, -0.2) is 4.79 Å². The Morgan fingerprint density at radius 1 is 0.821 bits per heavy atom. The van der Waals surface area contributed by atoms with Gasteiger partial charge in [0.15, 0.2) is 0 Å². The van der Waals surface area contributed by atoms with Crippen LogP contribution in [0.1, 0.15) is 5.76 Å². The van der Waals surface area contributed by atoms with Gasteiger partial charge in [0.05, 0.1) is 39.8 Å². The number of hydrogen-bond acceptors (Lipinski definition) is 8. The molecule has 0 aliphatic carbocycles. The molecule has 0 aliphatic heterocycles. The van der Waals surface area contributed by atoms with Crippen molar-refractivity contribution in [1.29, 1.82) is 5.26 Å². The molecule has 9 heteroatoms. The number of carbonyl (C=O) groups is 1. The summed E-state index contributed by atoms with van der Waals surface area (Å²) in [5, 5.41) is 18.1. The first kappa shape index (κ1) is 26.7. The standard InChI is InChI=1S/C30H26N2O7/c1-35-22-9-12-25(28(16-22)37-3)32(26-13-10-23(36-2)17-29(26)38-4)21-7-5-19(6-8-21)27-14-11-24(39-27)15-20(18-31)30(33)34/h5-17H,1-4H3,(H,33,34)/b20-15-. The summed E-state index contributed by atoms with van der Waals surface area (Å²) < 4.78 is 28.0. The molecule has 0 amide bonds. The van der Waals surface area contributed by atoms with Crippen LogP contribution in [0.5, 0.6) is 23.0 Å². The van der Waals surface area contributed by atoms with E-state index in [1.165, 1.54) is 6.08 Å². The maximum absolute atomic E-state index is 11.1. The number of carboxylic acids is 1. The third-order valence-electron chi connectivity index (χ3n) is 5.93. The Morgan fingerprint density at radius 3 is 1.85 bits per heavy atom. The summed E-state index contributed by atoms with van der Waals surface area (Å²) in [6.45, 7) is 0. The minimum absolute atomic E-state index is 0.264. The minimum Gasteiger partial charge on any atom is -0.497 e. The van der Waals surface area contributed by atoms with Gasteiger partial charge in [-0.15, -0.1) is 0 Å². The van der Waals surface area contributed by atoms with E-state index in [9.17, 15) is 4.79 Å². The second kappa shape index (κ2) is 11.8. The lowest BCUT2D eigenvalue weighted by Gasteiger charge is -2.28. The highest BCUT2D eigenvalue weighted by molar-refractivity contribution is 5.96. The number of anilines is 3. The molecule has 0 bridgehead atoms. The van der Waals surface area contributed by atoms with E-state index < -0.39 is 11.5 Å². The Morgan fingerprint density at radius 2 is 1.38 bits per heavy atom. The summed E-state index contributed by atoms with van der Waals surface area (Å²) in [5.74, 6) is 1.95. The number of furan rings is 1. The monoisotopic (exact) mass is 526 g/mol. The van der Waals surface area contributed by atoms with E-state index >= 15 is 0 Å². The van der Waals surface area contributed by atoms with Gasteiger partial charge in [0.1, 0.15) is 46.2 Å². The van der Waals surface area contributed by atoms with Crippen LogP contribution in [0.4, 0.5) is 17.1 Å². The third kappa shape index (κ3) is 5.65. The van der Waals surface area contributed by atoms with E-state index in [0.717, 1.165) is 22.6 Å². The predicted octanol–water partition coefficient (Wildman–Crippen LogP) is 6.44. The summed E-state index contributed by atoms with van der Waals surface area (Å²) in [4.78, 5) is 13.1. The molecular formula is C30H26N2O7. The van der Waals surface area contributed by atoms with E-state index in [1.807, 2.05) is 53.4 Å². The molecule has 39 heavy (non-hydrogen) atoms. The van der Waals surface area contributed by atoms with Crippen molar-refractivity contribution >= 4 is 29.1 Å². The van der Waals surface area contributed by atoms with Crippen LogP contribution in [0, 0.1) is 11.3 Å². The van der Waals surface area contributed by atoms with Crippen molar-refractivity contribution < 1.29 is 33.3 Å². The van der Waals surface area contributed by atoms with Crippen molar-refractivity contribution in [1.82, 2.24) is 0 Å². The van der Waals surface area contributed by atoms with Crippen LogP contribution in [-0.2, 0) is 4.79 Å². The fourth-order valence-electron chi connectivity index (χ4n) is 3.99. The van der Waals surface area contributed by atoms with Crippen LogP contribution < -0.4 is 23.8 Å². The molecular weight excluding hydrogens is 500 g/mol. The average Bonchev–Trinajstić information content (AvgIpc) is 3.45. The molecule has 0 saturated carbocycles. The lowest BCUT2D eigenvalue weighted by atomic mass is 10.1. The van der Waals surface area contributed by atoms with Gasteiger partial charge in [-0.1, -0.05) is 0 Å². The van der Waals surface area contributed by atoms with Gasteiger partial charge in [-0.2, -0.15) is 5.26 Å². The van der Waals surface area contributed by atoms with E-state index in [-0.39, 0.29) is 5.76 Å². The highest BCUT2D eigenvalue weighted by Crippen LogP contribution is 2.46. The Labute approximate surface area is 225 Å². The Balaban J connectivity index is 1.79. The molecule has 0 fully saturated rings. The molecule has 9 nitrogen and oxygen atoms in total. The van der Waals surface area contributed by atoms with Crippen LogP contribution in [0.2, 0.25) is 0 Å². The zero-order valence-electron chi connectivity index (χ0n) is 21.8. The predicted molar refractivity (Wildman–Crippen MR) is 146 cm³/mol. The Bertz CT molecular complexity index is 1490. The zero-order chi connectivity index (χ0) is 27.9. The molecule has 1 heterocycles. The van der Waals surface area contributed by atoms with Crippen molar-refractivity contribution in [2.75, 3.05) is 33.3 Å². The highest BCUT2D eigenvalue weighted by Gasteiger charge is 2.22. The number of rotatable bonds is 10. The summed E-state index contributed by atoms with van der Waals surface area (Å²) >= 11 is 0. The van der Waals surface area contributed by atoms with Gasteiger partial charge in [-0.3, -0.25) is 0 Å². The first-order valence-corrected chi connectivity index (χ1v) is 11.7. The van der Waals surface area contributed by atoms with Crippen LogP contribution >= 0.6 is 0 Å². The number of carboxylic acid groups (broad SMARTS) is 1. The number of nitrogens with zero attached hydrogens (tertiary/aromatic N) is 2. The first-order chi connectivity index (χ1) is 18.9. The Kier molecular flexibility index (Phi) is 8.07. The number of nitriles is 1. The molecule has 0 radical (unpaired) electrons. The van der Waals surface area contributed by atoms with Crippen LogP contribution in [0.3, 0.4) is 0 Å². The fraction of sp³-hybridized carbons (Fsp3) is 0.133. The molecule has 198 valence electrons. The van der Waals surface area contributed by atoms with Gasteiger partial charge in [0.25, 0.3) is 0 Å². The van der Waals surface area contributed by atoms with Crippen LogP contribution in [0.15, 0.2) is 82.8 Å². The van der Waals surface area contributed by atoms with Gasteiger partial charge in [0, 0.05) is 29.5 Å². The summed E-state index contributed by atoms with van der Waals surface area (Å²) in [6.07, 6.45) is 1.19. The van der Waals surface area contributed by atoms with E-state index in [1.54, 1.807) is 58.8 Å². The SMILES string of the molecule is COc1ccc(N(c2ccc(-c3ccc(/C=C(/C#N)C(=O)O)o3)cc2)c2ccc(OC)cc2OC)c(OC)c1. The number of benzene rings is 3.